The number of rotatable bonds is 1. The van der Waals surface area contributed by atoms with E-state index in [4.69, 9.17) is 28.9 Å². The van der Waals surface area contributed by atoms with Gasteiger partial charge >= 0.3 is 0 Å². The Morgan fingerprint density at radius 1 is 1.19 bits per heavy atom. The summed E-state index contributed by atoms with van der Waals surface area (Å²) >= 11 is 14.1. The number of nitrogen functional groups attached to an aromatic ring is 1. The summed E-state index contributed by atoms with van der Waals surface area (Å²) in [6.07, 6.45) is 1.70. The fourth-order valence-corrected chi connectivity index (χ4v) is 2.31. The standard InChI is InChI=1S/C11H7Cl2IN2/c12-7-1-2-8(9(13)4-7)6-3-10(14)11(15)16-5-6/h1-5H,(H2,15,16). The Kier molecular flexibility index (Phi) is 3.56. The number of halogens is 3. The van der Waals surface area contributed by atoms with Crippen LogP contribution in [-0.2, 0) is 0 Å². The van der Waals surface area contributed by atoms with Crippen molar-refractivity contribution >= 4 is 51.6 Å². The highest BCUT2D eigenvalue weighted by Crippen LogP contribution is 2.31. The molecule has 0 radical (unpaired) electrons. The van der Waals surface area contributed by atoms with Gasteiger partial charge in [-0.05, 0) is 40.8 Å². The first-order valence-corrected chi connectivity index (χ1v) is 6.28. The van der Waals surface area contributed by atoms with Crippen LogP contribution in [0.5, 0.6) is 0 Å². The molecule has 0 aliphatic carbocycles. The minimum atomic E-state index is 0.523. The number of nitrogens with two attached hydrogens (primary N) is 1. The Morgan fingerprint density at radius 2 is 1.94 bits per heavy atom. The molecule has 82 valence electrons. The summed E-state index contributed by atoms with van der Waals surface area (Å²) in [6, 6.07) is 7.32. The van der Waals surface area contributed by atoms with Crippen molar-refractivity contribution in [1.82, 2.24) is 4.98 Å². The van der Waals surface area contributed by atoms with Gasteiger partial charge in [0.1, 0.15) is 5.82 Å². The molecule has 2 N–H and O–H groups in total. The fourth-order valence-electron chi connectivity index (χ4n) is 1.32. The number of hydrogen-bond donors (Lipinski definition) is 1. The molecule has 2 nitrogen and oxygen atoms in total. The maximum absolute atomic E-state index is 6.11. The maximum Gasteiger partial charge on any atom is 0.136 e. The quantitative estimate of drug-likeness (QED) is 0.768. The lowest BCUT2D eigenvalue weighted by molar-refractivity contribution is 1.32. The second-order valence-corrected chi connectivity index (χ2v) is 5.22. The Bertz CT molecular complexity index is 544. The van der Waals surface area contributed by atoms with E-state index in [0.717, 1.165) is 14.7 Å². The molecule has 1 aromatic carbocycles. The summed E-state index contributed by atoms with van der Waals surface area (Å²) in [7, 11) is 0. The van der Waals surface area contributed by atoms with Crippen molar-refractivity contribution in [2.75, 3.05) is 5.73 Å². The number of hydrogen-bond acceptors (Lipinski definition) is 2. The monoisotopic (exact) mass is 364 g/mol. The number of pyridine rings is 1. The van der Waals surface area contributed by atoms with Gasteiger partial charge in [0.05, 0.1) is 3.57 Å². The summed E-state index contributed by atoms with van der Waals surface area (Å²) in [5.41, 5.74) is 7.49. The summed E-state index contributed by atoms with van der Waals surface area (Å²) in [5.74, 6) is 0.523. The molecule has 0 unspecified atom stereocenters. The molecule has 1 aromatic heterocycles. The van der Waals surface area contributed by atoms with Crippen LogP contribution in [0.3, 0.4) is 0 Å². The average Bonchev–Trinajstić information content (AvgIpc) is 2.22. The van der Waals surface area contributed by atoms with Gasteiger partial charge in [0, 0.05) is 27.4 Å². The molecule has 0 bridgehead atoms. The molecule has 0 saturated heterocycles. The third kappa shape index (κ3) is 2.42. The van der Waals surface area contributed by atoms with Crippen molar-refractivity contribution in [1.29, 1.82) is 0 Å². The van der Waals surface area contributed by atoms with E-state index < -0.39 is 0 Å². The summed E-state index contributed by atoms with van der Waals surface area (Å²) in [6.45, 7) is 0. The first kappa shape index (κ1) is 12.0. The zero-order valence-corrected chi connectivity index (χ0v) is 11.7. The van der Waals surface area contributed by atoms with Gasteiger partial charge in [-0.3, -0.25) is 0 Å². The molecule has 0 amide bonds. The van der Waals surface area contributed by atoms with E-state index in [9.17, 15) is 0 Å². The average molecular weight is 365 g/mol. The van der Waals surface area contributed by atoms with Gasteiger partial charge in [0.2, 0.25) is 0 Å². The van der Waals surface area contributed by atoms with Crippen LogP contribution in [0.2, 0.25) is 10.0 Å². The largest absolute Gasteiger partial charge is 0.383 e. The van der Waals surface area contributed by atoms with Gasteiger partial charge in [-0.1, -0.05) is 29.3 Å². The molecule has 0 aliphatic heterocycles. The van der Waals surface area contributed by atoms with Crippen LogP contribution in [0.4, 0.5) is 5.82 Å². The third-order valence-corrected chi connectivity index (χ3v) is 3.52. The van der Waals surface area contributed by atoms with Crippen molar-refractivity contribution in [2.45, 2.75) is 0 Å². The highest BCUT2D eigenvalue weighted by molar-refractivity contribution is 14.1. The molecular formula is C11H7Cl2IN2. The number of aromatic nitrogens is 1. The molecule has 0 saturated carbocycles. The molecule has 0 atom stereocenters. The molecule has 16 heavy (non-hydrogen) atoms. The lowest BCUT2D eigenvalue weighted by atomic mass is 10.1. The van der Waals surface area contributed by atoms with Crippen LogP contribution in [0.1, 0.15) is 0 Å². The molecule has 0 aliphatic rings. The minimum Gasteiger partial charge on any atom is -0.383 e. The Hall–Kier alpha value is -0.520. The fraction of sp³-hybridized carbons (Fsp3) is 0. The summed E-state index contributed by atoms with van der Waals surface area (Å²) in [5, 5.41) is 1.22. The van der Waals surface area contributed by atoms with Crippen molar-refractivity contribution < 1.29 is 0 Å². The van der Waals surface area contributed by atoms with Gasteiger partial charge in [-0.25, -0.2) is 4.98 Å². The number of nitrogens with zero attached hydrogens (tertiary/aromatic N) is 1. The van der Waals surface area contributed by atoms with Crippen LogP contribution in [0.15, 0.2) is 30.5 Å². The van der Waals surface area contributed by atoms with Crippen LogP contribution in [0.25, 0.3) is 11.1 Å². The topological polar surface area (TPSA) is 38.9 Å². The molecule has 1 heterocycles. The number of benzene rings is 1. The van der Waals surface area contributed by atoms with Crippen molar-refractivity contribution in [3.8, 4) is 11.1 Å². The first-order valence-electron chi connectivity index (χ1n) is 4.44. The molecule has 2 aromatic rings. The van der Waals surface area contributed by atoms with Crippen LogP contribution in [-0.4, -0.2) is 4.98 Å². The highest BCUT2D eigenvalue weighted by atomic mass is 127. The van der Waals surface area contributed by atoms with E-state index in [2.05, 4.69) is 27.6 Å². The lowest BCUT2D eigenvalue weighted by Gasteiger charge is -2.06. The van der Waals surface area contributed by atoms with Crippen LogP contribution >= 0.6 is 45.8 Å². The first-order chi connectivity index (χ1) is 7.58. The SMILES string of the molecule is Nc1ncc(-c2ccc(Cl)cc2Cl)cc1I. The van der Waals surface area contributed by atoms with Gasteiger partial charge < -0.3 is 5.73 Å². The lowest BCUT2D eigenvalue weighted by Crippen LogP contribution is -1.94. The molecule has 0 spiro atoms. The van der Waals surface area contributed by atoms with E-state index in [-0.39, 0.29) is 0 Å². The van der Waals surface area contributed by atoms with E-state index >= 15 is 0 Å². The van der Waals surface area contributed by atoms with E-state index in [0.29, 0.717) is 15.9 Å². The number of anilines is 1. The van der Waals surface area contributed by atoms with Crippen LogP contribution < -0.4 is 5.73 Å². The summed E-state index contributed by atoms with van der Waals surface area (Å²) in [4.78, 5) is 4.10. The van der Waals surface area contributed by atoms with Crippen molar-refractivity contribution in [2.24, 2.45) is 0 Å². The van der Waals surface area contributed by atoms with Crippen molar-refractivity contribution in [3.63, 3.8) is 0 Å². The normalized spacial score (nSPS) is 10.4. The van der Waals surface area contributed by atoms with E-state index in [1.165, 1.54) is 0 Å². The Balaban J connectivity index is 2.54. The highest BCUT2D eigenvalue weighted by Gasteiger charge is 2.06. The smallest absolute Gasteiger partial charge is 0.136 e. The minimum absolute atomic E-state index is 0.523. The van der Waals surface area contributed by atoms with E-state index in [1.807, 2.05) is 12.1 Å². The van der Waals surface area contributed by atoms with E-state index in [1.54, 1.807) is 18.3 Å². The third-order valence-electron chi connectivity index (χ3n) is 2.11. The van der Waals surface area contributed by atoms with Gasteiger partial charge in [-0.15, -0.1) is 0 Å². The van der Waals surface area contributed by atoms with Crippen LogP contribution in [0, 0.1) is 3.57 Å². The molecule has 2 rings (SSSR count). The van der Waals surface area contributed by atoms with Gasteiger partial charge in [0.15, 0.2) is 0 Å². The predicted octanol–water partition coefficient (Wildman–Crippen LogP) is 4.24. The second kappa shape index (κ2) is 4.77. The zero-order chi connectivity index (χ0) is 11.7. The molecule has 5 heteroatoms. The maximum atomic E-state index is 6.11. The molecule has 0 fully saturated rings. The second-order valence-electron chi connectivity index (χ2n) is 3.22. The van der Waals surface area contributed by atoms with Gasteiger partial charge in [-0.2, -0.15) is 0 Å². The van der Waals surface area contributed by atoms with Gasteiger partial charge in [0.25, 0.3) is 0 Å². The molecular weight excluding hydrogens is 358 g/mol. The predicted molar refractivity (Wildman–Crippen MR) is 76.8 cm³/mol. The zero-order valence-electron chi connectivity index (χ0n) is 8.05. The van der Waals surface area contributed by atoms with Crippen molar-refractivity contribution in [3.05, 3.63) is 44.1 Å². The Labute approximate surface area is 117 Å². The Morgan fingerprint density at radius 3 is 2.56 bits per heavy atom. The summed E-state index contributed by atoms with van der Waals surface area (Å²) < 4.78 is 0.904.